The van der Waals surface area contributed by atoms with E-state index < -0.39 is 4.92 Å². The lowest BCUT2D eigenvalue weighted by atomic mass is 9.97. The topological polar surface area (TPSA) is 108 Å². The number of rotatable bonds is 7. The lowest BCUT2D eigenvalue weighted by Crippen LogP contribution is -2.42. The van der Waals surface area contributed by atoms with Crippen LogP contribution < -0.4 is 9.47 Å². The Morgan fingerprint density at radius 3 is 2.58 bits per heavy atom. The van der Waals surface area contributed by atoms with Gasteiger partial charge in [0.15, 0.2) is 6.61 Å². The fraction of sp³-hybridized carbons (Fsp3) is 0.529. The second-order valence-corrected chi connectivity index (χ2v) is 5.79. The molecule has 0 aromatic heterocycles. The van der Waals surface area contributed by atoms with Crippen molar-refractivity contribution in [2.75, 3.05) is 33.4 Å². The molecule has 0 bridgehead atoms. The predicted molar refractivity (Wildman–Crippen MR) is 91.1 cm³/mol. The van der Waals surface area contributed by atoms with Gasteiger partial charge in [-0.25, -0.2) is 0 Å². The minimum atomic E-state index is -0.554. The highest BCUT2D eigenvalue weighted by Gasteiger charge is 2.28. The SMILES string of the molecule is CCOC(=O)C1CCN(C(=O)COc2ccc([N+](=O)[O-])c(OC)c2)CC1. The molecule has 0 aliphatic carbocycles. The largest absolute Gasteiger partial charge is 0.490 e. The summed E-state index contributed by atoms with van der Waals surface area (Å²) < 4.78 is 15.4. The van der Waals surface area contributed by atoms with Crippen molar-refractivity contribution in [2.45, 2.75) is 19.8 Å². The number of benzene rings is 1. The number of methoxy groups -OCH3 is 1. The maximum Gasteiger partial charge on any atom is 0.311 e. The fourth-order valence-electron chi connectivity index (χ4n) is 2.76. The maximum absolute atomic E-state index is 12.2. The highest BCUT2D eigenvalue weighted by Crippen LogP contribution is 2.30. The van der Waals surface area contributed by atoms with Crippen LogP contribution in [-0.4, -0.2) is 55.1 Å². The van der Waals surface area contributed by atoms with Crippen LogP contribution in [0.25, 0.3) is 0 Å². The smallest absolute Gasteiger partial charge is 0.311 e. The van der Waals surface area contributed by atoms with Crippen molar-refractivity contribution in [1.29, 1.82) is 0 Å². The monoisotopic (exact) mass is 366 g/mol. The van der Waals surface area contributed by atoms with E-state index in [1.165, 1.54) is 25.3 Å². The molecule has 2 rings (SSSR count). The van der Waals surface area contributed by atoms with Crippen molar-refractivity contribution in [3.05, 3.63) is 28.3 Å². The van der Waals surface area contributed by atoms with E-state index in [2.05, 4.69) is 0 Å². The van der Waals surface area contributed by atoms with Crippen molar-refractivity contribution >= 4 is 17.6 Å². The number of ether oxygens (including phenoxy) is 3. The molecule has 1 aromatic rings. The van der Waals surface area contributed by atoms with Crippen molar-refractivity contribution in [2.24, 2.45) is 5.92 Å². The standard InChI is InChI=1S/C17H22N2O7/c1-3-25-17(21)12-6-8-18(9-7-12)16(20)11-26-13-4-5-14(19(22)23)15(10-13)24-2/h4-5,10,12H,3,6-9,11H2,1-2H3. The fourth-order valence-corrected chi connectivity index (χ4v) is 2.76. The molecule has 1 heterocycles. The van der Waals surface area contributed by atoms with Gasteiger partial charge in [0, 0.05) is 25.2 Å². The molecule has 9 nitrogen and oxygen atoms in total. The van der Waals surface area contributed by atoms with E-state index in [1.54, 1.807) is 11.8 Å². The van der Waals surface area contributed by atoms with Gasteiger partial charge in [0.05, 0.1) is 24.6 Å². The van der Waals surface area contributed by atoms with E-state index in [0.29, 0.717) is 38.3 Å². The molecule has 0 radical (unpaired) electrons. The molecule has 1 fully saturated rings. The molecule has 0 unspecified atom stereocenters. The van der Waals surface area contributed by atoms with Gasteiger partial charge in [0.1, 0.15) is 5.75 Å². The summed E-state index contributed by atoms with van der Waals surface area (Å²) in [4.78, 5) is 35.9. The Morgan fingerprint density at radius 2 is 2.00 bits per heavy atom. The van der Waals surface area contributed by atoms with Gasteiger partial charge >= 0.3 is 11.7 Å². The summed E-state index contributed by atoms with van der Waals surface area (Å²) in [6, 6.07) is 4.06. The van der Waals surface area contributed by atoms with Gasteiger partial charge in [-0.1, -0.05) is 0 Å². The molecular weight excluding hydrogens is 344 g/mol. The van der Waals surface area contributed by atoms with E-state index in [9.17, 15) is 19.7 Å². The van der Waals surface area contributed by atoms with Crippen LogP contribution in [0.15, 0.2) is 18.2 Å². The lowest BCUT2D eigenvalue weighted by Gasteiger charge is -2.30. The first kappa shape index (κ1) is 19.5. The minimum Gasteiger partial charge on any atom is -0.490 e. The summed E-state index contributed by atoms with van der Waals surface area (Å²) in [6.07, 6.45) is 1.13. The highest BCUT2D eigenvalue weighted by atomic mass is 16.6. The molecule has 26 heavy (non-hydrogen) atoms. The van der Waals surface area contributed by atoms with Gasteiger partial charge in [-0.2, -0.15) is 0 Å². The summed E-state index contributed by atoms with van der Waals surface area (Å²) >= 11 is 0. The number of hydrogen-bond donors (Lipinski definition) is 0. The molecule has 0 saturated carbocycles. The van der Waals surface area contributed by atoms with Crippen molar-refractivity contribution in [3.8, 4) is 11.5 Å². The van der Waals surface area contributed by atoms with E-state index >= 15 is 0 Å². The highest BCUT2D eigenvalue weighted by molar-refractivity contribution is 5.78. The Kier molecular flexibility index (Phi) is 6.76. The number of carbonyl (C=O) groups excluding carboxylic acids is 2. The van der Waals surface area contributed by atoms with Crippen LogP contribution >= 0.6 is 0 Å². The molecule has 0 N–H and O–H groups in total. The number of amides is 1. The van der Waals surface area contributed by atoms with Gasteiger partial charge in [-0.15, -0.1) is 0 Å². The van der Waals surface area contributed by atoms with E-state index in [0.717, 1.165) is 0 Å². The molecule has 1 amide bonds. The van der Waals surface area contributed by atoms with E-state index in [-0.39, 0.29) is 35.8 Å². The Hall–Kier alpha value is -2.84. The number of carbonyl (C=O) groups is 2. The average Bonchev–Trinajstić information content (AvgIpc) is 2.66. The zero-order chi connectivity index (χ0) is 19.1. The first-order valence-electron chi connectivity index (χ1n) is 8.35. The van der Waals surface area contributed by atoms with Gasteiger partial charge in [0.25, 0.3) is 5.91 Å². The normalized spacial score (nSPS) is 14.6. The van der Waals surface area contributed by atoms with Crippen LogP contribution in [0, 0.1) is 16.0 Å². The summed E-state index contributed by atoms with van der Waals surface area (Å²) in [5.74, 6) is -0.213. The zero-order valence-electron chi connectivity index (χ0n) is 14.8. The molecule has 142 valence electrons. The van der Waals surface area contributed by atoms with Crippen LogP contribution in [0.2, 0.25) is 0 Å². The van der Waals surface area contributed by atoms with Gasteiger partial charge in [0.2, 0.25) is 5.75 Å². The second-order valence-electron chi connectivity index (χ2n) is 5.79. The first-order chi connectivity index (χ1) is 12.5. The Balaban J connectivity index is 1.86. The molecule has 1 aliphatic heterocycles. The van der Waals surface area contributed by atoms with Gasteiger partial charge in [-0.3, -0.25) is 19.7 Å². The summed E-state index contributed by atoms with van der Waals surface area (Å²) in [6.45, 7) is 2.86. The number of nitrogens with zero attached hydrogens (tertiary/aromatic N) is 2. The third kappa shape index (κ3) is 4.84. The molecule has 9 heteroatoms. The zero-order valence-corrected chi connectivity index (χ0v) is 14.8. The van der Waals surface area contributed by atoms with E-state index in [4.69, 9.17) is 14.2 Å². The molecule has 1 aliphatic rings. The number of esters is 1. The lowest BCUT2D eigenvalue weighted by molar-refractivity contribution is -0.385. The third-order valence-electron chi connectivity index (χ3n) is 4.18. The summed E-state index contributed by atoms with van der Waals surface area (Å²) in [5.41, 5.74) is -0.174. The first-order valence-corrected chi connectivity index (χ1v) is 8.35. The molecule has 1 aromatic carbocycles. The van der Waals surface area contributed by atoms with Crippen LogP contribution in [0.5, 0.6) is 11.5 Å². The Labute approximate surface area is 151 Å². The number of hydrogen-bond acceptors (Lipinski definition) is 7. The van der Waals surface area contributed by atoms with E-state index in [1.807, 2.05) is 0 Å². The van der Waals surface area contributed by atoms with Crippen LogP contribution in [-0.2, 0) is 14.3 Å². The van der Waals surface area contributed by atoms with Gasteiger partial charge in [-0.05, 0) is 25.8 Å². The average molecular weight is 366 g/mol. The summed E-state index contributed by atoms with van der Waals surface area (Å²) in [7, 11) is 1.32. The van der Waals surface area contributed by atoms with Crippen LogP contribution in [0.4, 0.5) is 5.69 Å². The second kappa shape index (κ2) is 9.02. The molecule has 0 spiro atoms. The Bertz CT molecular complexity index is 669. The number of nitro groups is 1. The van der Waals surface area contributed by atoms with Crippen molar-refractivity contribution in [3.63, 3.8) is 0 Å². The molecule has 0 atom stereocenters. The summed E-state index contributed by atoms with van der Waals surface area (Å²) in [5, 5.41) is 10.9. The molecule has 1 saturated heterocycles. The predicted octanol–water partition coefficient (Wildman–Crippen LogP) is 1.78. The van der Waals surface area contributed by atoms with Crippen LogP contribution in [0.1, 0.15) is 19.8 Å². The number of nitro benzene ring substituents is 1. The van der Waals surface area contributed by atoms with Gasteiger partial charge < -0.3 is 19.1 Å². The minimum absolute atomic E-state index is 0.0650. The number of likely N-dealkylation sites (tertiary alicyclic amines) is 1. The maximum atomic E-state index is 12.2. The molecular formula is C17H22N2O7. The van der Waals surface area contributed by atoms with Crippen LogP contribution in [0.3, 0.4) is 0 Å². The van der Waals surface area contributed by atoms with Crippen molar-refractivity contribution < 1.29 is 28.7 Å². The van der Waals surface area contributed by atoms with Crippen molar-refractivity contribution in [1.82, 2.24) is 4.90 Å². The Morgan fingerprint density at radius 1 is 1.31 bits per heavy atom. The quantitative estimate of drug-likeness (QED) is 0.411. The third-order valence-corrected chi connectivity index (χ3v) is 4.18. The number of piperidine rings is 1.